The van der Waals surface area contributed by atoms with Crippen LogP contribution in [0, 0.1) is 0 Å². The zero-order valence-corrected chi connectivity index (χ0v) is 8.73. The standard InChI is InChI=1S/C3H3Cl2N3O.Na/c4-7-2-1-3(9)6-8(7)5;/h1-2H,(H,6,9);. The molecule has 1 radical (unpaired) electrons. The summed E-state index contributed by atoms with van der Waals surface area (Å²) in [7, 11) is 0. The Hall–Kier alpha value is 0.550. The maximum absolute atomic E-state index is 10.4. The van der Waals surface area contributed by atoms with Crippen molar-refractivity contribution in [2.75, 3.05) is 0 Å². The second-order valence-electron chi connectivity index (χ2n) is 1.34. The van der Waals surface area contributed by atoms with Crippen LogP contribution in [0.1, 0.15) is 0 Å². The first-order valence-electron chi connectivity index (χ1n) is 2.10. The number of halogens is 2. The van der Waals surface area contributed by atoms with Crippen LogP contribution in [0.2, 0.25) is 0 Å². The van der Waals surface area contributed by atoms with Crippen LogP contribution in [0.15, 0.2) is 12.3 Å². The number of hydrogen-bond donors (Lipinski definition) is 1. The summed E-state index contributed by atoms with van der Waals surface area (Å²) in [6.07, 6.45) is 2.58. The van der Waals surface area contributed by atoms with Crippen molar-refractivity contribution < 1.29 is 4.79 Å². The number of nitrogens with one attached hydrogen (secondary N) is 1. The molecule has 0 aliphatic carbocycles. The molecule has 1 aliphatic rings. The van der Waals surface area contributed by atoms with Crippen LogP contribution >= 0.6 is 23.6 Å². The van der Waals surface area contributed by atoms with Crippen molar-refractivity contribution in [2.24, 2.45) is 0 Å². The van der Waals surface area contributed by atoms with E-state index in [2.05, 4.69) is 5.43 Å². The molecule has 0 atom stereocenters. The van der Waals surface area contributed by atoms with Crippen molar-refractivity contribution >= 4 is 59.0 Å². The summed E-state index contributed by atoms with van der Waals surface area (Å²) in [5, 5.41) is 0. The van der Waals surface area contributed by atoms with Gasteiger partial charge in [-0.3, -0.25) is 10.2 Å². The van der Waals surface area contributed by atoms with Gasteiger partial charge in [0.2, 0.25) is 0 Å². The smallest absolute Gasteiger partial charge is 0.262 e. The number of carbonyl (C=O) groups excluding carboxylic acids is 1. The van der Waals surface area contributed by atoms with E-state index in [1.165, 1.54) is 12.3 Å². The molecule has 1 N–H and O–H groups in total. The quantitative estimate of drug-likeness (QED) is 0.432. The summed E-state index contributed by atoms with van der Waals surface area (Å²) in [5.74, 6) is -0.304. The summed E-state index contributed by atoms with van der Waals surface area (Å²) in [4.78, 5) is 10.4. The monoisotopic (exact) mass is 190 g/mol. The third-order valence-corrected chi connectivity index (χ3v) is 1.31. The van der Waals surface area contributed by atoms with Crippen molar-refractivity contribution in [3.8, 4) is 0 Å². The van der Waals surface area contributed by atoms with Crippen LogP contribution in [0.4, 0.5) is 0 Å². The minimum Gasteiger partial charge on any atom is -0.268 e. The average molecular weight is 191 g/mol. The maximum atomic E-state index is 10.4. The van der Waals surface area contributed by atoms with Crippen molar-refractivity contribution in [1.82, 2.24) is 14.6 Å². The molecule has 51 valence electrons. The van der Waals surface area contributed by atoms with E-state index in [0.29, 0.717) is 0 Å². The molecule has 0 fully saturated rings. The Morgan fingerprint density at radius 3 is 2.50 bits per heavy atom. The Morgan fingerprint density at radius 1 is 1.50 bits per heavy atom. The van der Waals surface area contributed by atoms with Gasteiger partial charge in [-0.2, -0.15) is 4.53 Å². The molecule has 1 rings (SSSR count). The van der Waals surface area contributed by atoms with Crippen LogP contribution in [-0.4, -0.2) is 44.6 Å². The average Bonchev–Trinajstić information content (AvgIpc) is 1.80. The Balaban J connectivity index is 0.000000810. The normalized spacial score (nSPS) is 18.2. The summed E-state index contributed by atoms with van der Waals surface area (Å²) in [5.41, 5.74) is 2.20. The van der Waals surface area contributed by atoms with E-state index in [1.54, 1.807) is 0 Å². The molecule has 0 aromatic heterocycles. The minimum absolute atomic E-state index is 0. The van der Waals surface area contributed by atoms with E-state index in [9.17, 15) is 4.79 Å². The molecule has 0 aromatic rings. The fraction of sp³-hybridized carbons (Fsp3) is 0. The van der Waals surface area contributed by atoms with Gasteiger partial charge in [-0.15, -0.1) is 0 Å². The zero-order valence-electron chi connectivity index (χ0n) is 5.21. The summed E-state index contributed by atoms with van der Waals surface area (Å²) in [6.45, 7) is 0. The zero-order chi connectivity index (χ0) is 6.85. The third-order valence-electron chi connectivity index (χ3n) is 0.719. The van der Waals surface area contributed by atoms with Crippen LogP contribution in [-0.2, 0) is 4.79 Å². The van der Waals surface area contributed by atoms with Gasteiger partial charge < -0.3 is 0 Å². The van der Waals surface area contributed by atoms with Crippen LogP contribution in [0.25, 0.3) is 0 Å². The maximum Gasteiger partial charge on any atom is 0.262 e. The first-order chi connectivity index (χ1) is 4.20. The van der Waals surface area contributed by atoms with E-state index in [0.717, 1.165) is 9.16 Å². The van der Waals surface area contributed by atoms with Gasteiger partial charge in [-0.05, 0) is 4.64 Å². The van der Waals surface area contributed by atoms with Gasteiger partial charge >= 0.3 is 0 Å². The summed E-state index contributed by atoms with van der Waals surface area (Å²) < 4.78 is 1.84. The molecule has 1 heterocycles. The topological polar surface area (TPSA) is 35.6 Å². The van der Waals surface area contributed by atoms with Gasteiger partial charge in [0.05, 0.1) is 0 Å². The summed E-state index contributed by atoms with van der Waals surface area (Å²) >= 11 is 10.7. The number of hydrazine groups is 2. The Bertz CT molecular complexity index is 164. The van der Waals surface area contributed by atoms with Gasteiger partial charge in [0, 0.05) is 65.4 Å². The molecule has 4 nitrogen and oxygen atoms in total. The molecular weight excluding hydrogens is 188 g/mol. The second kappa shape index (κ2) is 4.43. The Labute approximate surface area is 90.2 Å². The first kappa shape index (κ1) is 10.6. The molecule has 10 heavy (non-hydrogen) atoms. The van der Waals surface area contributed by atoms with Crippen LogP contribution in [0.5, 0.6) is 0 Å². The SMILES string of the molecule is O=C1C=CN(Cl)N(Cl)N1.[Na]. The minimum atomic E-state index is -0.304. The molecule has 0 bridgehead atoms. The molecule has 7 heteroatoms. The number of hydrogen-bond acceptors (Lipinski definition) is 3. The first-order valence-corrected chi connectivity index (χ1v) is 2.77. The van der Waals surface area contributed by atoms with Crippen molar-refractivity contribution in [1.29, 1.82) is 0 Å². The molecule has 0 saturated heterocycles. The van der Waals surface area contributed by atoms with Crippen LogP contribution in [0.3, 0.4) is 0 Å². The van der Waals surface area contributed by atoms with Gasteiger partial charge in [0.15, 0.2) is 0 Å². The molecule has 0 aromatic carbocycles. The van der Waals surface area contributed by atoms with Gasteiger partial charge in [-0.25, -0.2) is 0 Å². The summed E-state index contributed by atoms with van der Waals surface area (Å²) in [6, 6.07) is 0. The van der Waals surface area contributed by atoms with Gasteiger partial charge in [0.1, 0.15) is 0 Å². The van der Waals surface area contributed by atoms with E-state index in [-0.39, 0.29) is 35.5 Å². The van der Waals surface area contributed by atoms with Gasteiger partial charge in [-0.1, -0.05) is 0 Å². The van der Waals surface area contributed by atoms with E-state index in [1.807, 2.05) is 0 Å². The third kappa shape index (κ3) is 2.65. The van der Waals surface area contributed by atoms with Crippen molar-refractivity contribution in [3.63, 3.8) is 0 Å². The number of rotatable bonds is 0. The predicted molar refractivity (Wildman–Crippen MR) is 38.4 cm³/mol. The molecular formula is C3H3Cl2N3NaO. The molecule has 0 spiro atoms. The fourth-order valence-electron chi connectivity index (χ4n) is 0.364. The van der Waals surface area contributed by atoms with E-state index in [4.69, 9.17) is 23.6 Å². The van der Waals surface area contributed by atoms with Crippen LogP contribution < -0.4 is 5.43 Å². The molecule has 1 amide bonds. The Kier molecular flexibility index (Phi) is 4.68. The van der Waals surface area contributed by atoms with E-state index < -0.39 is 0 Å². The van der Waals surface area contributed by atoms with Gasteiger partial charge in [0.25, 0.3) is 5.91 Å². The largest absolute Gasteiger partial charge is 0.268 e. The fourth-order valence-corrected chi connectivity index (χ4v) is 0.592. The number of nitrogens with zero attached hydrogens (tertiary/aromatic N) is 2. The Morgan fingerprint density at radius 2 is 2.10 bits per heavy atom. The molecule has 1 aliphatic heterocycles. The molecule has 0 saturated carbocycles. The van der Waals surface area contributed by atoms with Crippen molar-refractivity contribution in [2.45, 2.75) is 0 Å². The predicted octanol–water partition coefficient (Wildman–Crippen LogP) is -0.00930. The van der Waals surface area contributed by atoms with E-state index >= 15 is 0 Å². The van der Waals surface area contributed by atoms with Crippen molar-refractivity contribution in [3.05, 3.63) is 12.3 Å². The second-order valence-corrected chi connectivity index (χ2v) is 2.01. The number of carbonyl (C=O) groups is 1. The number of amides is 1. The molecule has 0 unspecified atom stereocenters.